The molecule has 0 aliphatic heterocycles. The van der Waals surface area contributed by atoms with Crippen LogP contribution in [-0.4, -0.2) is 19.8 Å². The number of alkyl halides is 1. The monoisotopic (exact) mass is 336 g/mol. The molecule has 1 unspecified atom stereocenters. The molecule has 84 valence electrons. The molecule has 1 aromatic rings. The smallest absolute Gasteiger partial charge is 0.119 e. The summed E-state index contributed by atoms with van der Waals surface area (Å²) >= 11 is 6.90. The van der Waals surface area contributed by atoms with Crippen molar-refractivity contribution in [3.05, 3.63) is 28.2 Å². The van der Waals surface area contributed by atoms with Crippen molar-refractivity contribution in [3.63, 3.8) is 0 Å². The van der Waals surface area contributed by atoms with Crippen LogP contribution in [0.25, 0.3) is 0 Å². The number of hydrogen-bond donors (Lipinski definition) is 0. The molecule has 0 aliphatic carbocycles. The highest BCUT2D eigenvalue weighted by Crippen LogP contribution is 2.24. The quantitative estimate of drug-likeness (QED) is 0.762. The van der Waals surface area contributed by atoms with Crippen LogP contribution in [0.15, 0.2) is 22.7 Å². The Labute approximate surface area is 107 Å². The summed E-state index contributed by atoms with van der Waals surface area (Å²) in [6.07, 6.45) is 0.112. The van der Waals surface area contributed by atoms with E-state index in [9.17, 15) is 0 Å². The Balaban J connectivity index is 2.62. The number of hydrogen-bond acceptors (Lipinski definition) is 2. The summed E-state index contributed by atoms with van der Waals surface area (Å²) in [7, 11) is 1.68. The van der Waals surface area contributed by atoms with E-state index >= 15 is 0 Å². The van der Waals surface area contributed by atoms with Crippen LogP contribution in [-0.2, 0) is 10.1 Å². The molecule has 2 nitrogen and oxygen atoms in total. The Hall–Kier alpha value is -0.0600. The fourth-order valence-corrected chi connectivity index (χ4v) is 2.25. The second kappa shape index (κ2) is 6.51. The van der Waals surface area contributed by atoms with Gasteiger partial charge in [0.2, 0.25) is 0 Å². The molecule has 0 spiro atoms. The zero-order chi connectivity index (χ0) is 11.3. The predicted octanol–water partition coefficient (Wildman–Crippen LogP) is 3.76. The minimum atomic E-state index is 0.112. The van der Waals surface area contributed by atoms with Gasteiger partial charge < -0.3 is 9.47 Å². The maximum Gasteiger partial charge on any atom is 0.119 e. The minimum Gasteiger partial charge on any atom is -0.491 e. The van der Waals surface area contributed by atoms with Crippen molar-refractivity contribution in [1.29, 1.82) is 0 Å². The lowest BCUT2D eigenvalue weighted by atomic mass is 10.2. The highest BCUT2D eigenvalue weighted by molar-refractivity contribution is 9.10. The topological polar surface area (TPSA) is 18.5 Å². The maximum atomic E-state index is 5.59. The van der Waals surface area contributed by atoms with Gasteiger partial charge in [-0.2, -0.15) is 0 Å². The van der Waals surface area contributed by atoms with Crippen molar-refractivity contribution < 1.29 is 9.47 Å². The van der Waals surface area contributed by atoms with Gasteiger partial charge in [-0.3, -0.25) is 0 Å². The molecule has 0 fully saturated rings. The highest BCUT2D eigenvalue weighted by atomic mass is 79.9. The normalized spacial score (nSPS) is 12.5. The van der Waals surface area contributed by atoms with Crippen LogP contribution in [0.1, 0.15) is 12.5 Å². The first-order valence-corrected chi connectivity index (χ1v) is 6.58. The molecule has 15 heavy (non-hydrogen) atoms. The molecule has 0 aromatic heterocycles. The fraction of sp³-hybridized carbons (Fsp3) is 0.455. The van der Waals surface area contributed by atoms with Gasteiger partial charge in [-0.1, -0.05) is 31.9 Å². The van der Waals surface area contributed by atoms with Crippen LogP contribution in [0.3, 0.4) is 0 Å². The molecule has 0 amide bonds. The van der Waals surface area contributed by atoms with Crippen molar-refractivity contribution in [2.75, 3.05) is 13.7 Å². The van der Waals surface area contributed by atoms with Crippen LogP contribution >= 0.6 is 31.9 Å². The summed E-state index contributed by atoms with van der Waals surface area (Å²) in [6.45, 7) is 2.55. The number of methoxy groups -OCH3 is 1. The van der Waals surface area contributed by atoms with Gasteiger partial charge in [0.15, 0.2) is 0 Å². The maximum absolute atomic E-state index is 5.59. The lowest BCUT2D eigenvalue weighted by Gasteiger charge is -2.12. The summed E-state index contributed by atoms with van der Waals surface area (Å²) in [6, 6.07) is 5.95. The average Bonchev–Trinajstić information content (AvgIpc) is 2.27. The molecular weight excluding hydrogens is 324 g/mol. The molecule has 1 rings (SSSR count). The van der Waals surface area contributed by atoms with Gasteiger partial charge in [-0.15, -0.1) is 0 Å². The molecule has 0 aliphatic rings. The van der Waals surface area contributed by atoms with Crippen molar-refractivity contribution in [2.45, 2.75) is 18.4 Å². The predicted molar refractivity (Wildman–Crippen MR) is 68.7 cm³/mol. The summed E-state index contributed by atoms with van der Waals surface area (Å²) < 4.78 is 11.8. The third-order valence-electron chi connectivity index (χ3n) is 2.05. The third-order valence-corrected chi connectivity index (χ3v) is 3.43. The zero-order valence-electron chi connectivity index (χ0n) is 8.80. The Morgan fingerprint density at radius 2 is 2.13 bits per heavy atom. The highest BCUT2D eigenvalue weighted by Gasteiger charge is 2.03. The number of rotatable bonds is 5. The molecule has 1 atom stereocenters. The standard InChI is InChI=1S/C11H14Br2O2/c1-8(14-2)7-15-10-3-4-11(13)9(5-10)6-12/h3-5,8H,6-7H2,1-2H3. The summed E-state index contributed by atoms with van der Waals surface area (Å²) in [5, 5.41) is 0.810. The van der Waals surface area contributed by atoms with Crippen LogP contribution in [0.5, 0.6) is 5.75 Å². The first kappa shape index (κ1) is 13.0. The molecule has 0 bridgehead atoms. The second-order valence-corrected chi connectivity index (χ2v) is 4.66. The molecule has 0 N–H and O–H groups in total. The van der Waals surface area contributed by atoms with Gasteiger partial charge in [-0.05, 0) is 30.7 Å². The zero-order valence-corrected chi connectivity index (χ0v) is 12.0. The molecule has 1 aromatic carbocycles. The molecule has 0 heterocycles. The molecule has 0 radical (unpaired) electrons. The minimum absolute atomic E-state index is 0.112. The van der Waals surface area contributed by atoms with Crippen molar-refractivity contribution in [3.8, 4) is 5.75 Å². The Morgan fingerprint density at radius 1 is 1.40 bits per heavy atom. The van der Waals surface area contributed by atoms with Crippen LogP contribution < -0.4 is 4.74 Å². The number of benzene rings is 1. The van der Waals surface area contributed by atoms with Gasteiger partial charge in [0, 0.05) is 16.9 Å². The molecule has 4 heteroatoms. The average molecular weight is 338 g/mol. The molecular formula is C11H14Br2O2. The van der Waals surface area contributed by atoms with E-state index in [1.54, 1.807) is 7.11 Å². The Morgan fingerprint density at radius 3 is 2.73 bits per heavy atom. The van der Waals surface area contributed by atoms with Crippen LogP contribution in [0, 0.1) is 0 Å². The first-order valence-electron chi connectivity index (χ1n) is 4.67. The van der Waals surface area contributed by atoms with Crippen molar-refractivity contribution >= 4 is 31.9 Å². The lowest BCUT2D eigenvalue weighted by Crippen LogP contribution is -2.15. The van der Waals surface area contributed by atoms with Gasteiger partial charge in [0.05, 0.1) is 6.10 Å². The van der Waals surface area contributed by atoms with Gasteiger partial charge >= 0.3 is 0 Å². The van der Waals surface area contributed by atoms with E-state index in [1.807, 2.05) is 25.1 Å². The molecule has 0 saturated carbocycles. The van der Waals surface area contributed by atoms with E-state index in [0.29, 0.717) is 6.61 Å². The van der Waals surface area contributed by atoms with E-state index in [1.165, 1.54) is 5.56 Å². The SMILES string of the molecule is COC(C)COc1ccc(Br)c(CBr)c1. The fourth-order valence-electron chi connectivity index (χ4n) is 1.02. The van der Waals surface area contributed by atoms with E-state index in [-0.39, 0.29) is 6.10 Å². The van der Waals surface area contributed by atoms with E-state index in [0.717, 1.165) is 15.6 Å². The van der Waals surface area contributed by atoms with Gasteiger partial charge in [0.25, 0.3) is 0 Å². The van der Waals surface area contributed by atoms with E-state index < -0.39 is 0 Å². The Bertz CT molecular complexity index is 315. The largest absolute Gasteiger partial charge is 0.491 e. The first-order chi connectivity index (χ1) is 7.17. The van der Waals surface area contributed by atoms with Crippen molar-refractivity contribution in [2.24, 2.45) is 0 Å². The van der Waals surface area contributed by atoms with Crippen LogP contribution in [0.2, 0.25) is 0 Å². The summed E-state index contributed by atoms with van der Waals surface area (Å²) in [4.78, 5) is 0. The van der Waals surface area contributed by atoms with Crippen molar-refractivity contribution in [1.82, 2.24) is 0 Å². The number of ether oxygens (including phenoxy) is 2. The summed E-state index contributed by atoms with van der Waals surface area (Å²) in [5.74, 6) is 0.872. The third kappa shape index (κ3) is 4.13. The van der Waals surface area contributed by atoms with Gasteiger partial charge in [-0.25, -0.2) is 0 Å². The van der Waals surface area contributed by atoms with E-state index in [2.05, 4.69) is 31.9 Å². The van der Waals surface area contributed by atoms with Gasteiger partial charge in [0.1, 0.15) is 12.4 Å². The second-order valence-electron chi connectivity index (χ2n) is 3.24. The van der Waals surface area contributed by atoms with E-state index in [4.69, 9.17) is 9.47 Å². The number of halogens is 2. The lowest BCUT2D eigenvalue weighted by molar-refractivity contribution is 0.0716. The summed E-state index contributed by atoms with van der Waals surface area (Å²) in [5.41, 5.74) is 1.18. The molecule has 0 saturated heterocycles. The van der Waals surface area contributed by atoms with Crippen LogP contribution in [0.4, 0.5) is 0 Å². The Kier molecular flexibility index (Phi) is 5.64.